The average molecular weight is 563 g/mol. The molecule has 0 aliphatic carbocycles. The van der Waals surface area contributed by atoms with E-state index in [1.165, 1.54) is 0 Å². The van der Waals surface area contributed by atoms with E-state index in [0.717, 1.165) is 26.4 Å². The zero-order valence-electron chi connectivity index (χ0n) is 21.6. The number of amides is 3. The number of rotatable bonds is 13. The molecule has 0 fully saturated rings. The Kier molecular flexibility index (Phi) is 9.31. The van der Waals surface area contributed by atoms with E-state index in [-0.39, 0.29) is 43.7 Å². The van der Waals surface area contributed by atoms with Gasteiger partial charge in [0.15, 0.2) is 0 Å². The lowest BCUT2D eigenvalue weighted by Crippen LogP contribution is -2.49. The van der Waals surface area contributed by atoms with Crippen molar-refractivity contribution in [2.75, 3.05) is 13.2 Å². The first-order valence-corrected chi connectivity index (χ1v) is 13.6. The maximum absolute atomic E-state index is 12.7. The van der Waals surface area contributed by atoms with Crippen LogP contribution < -0.4 is 26.8 Å². The van der Waals surface area contributed by atoms with Crippen molar-refractivity contribution in [3.8, 4) is 5.75 Å². The van der Waals surface area contributed by atoms with E-state index in [1.807, 2.05) is 53.9 Å². The van der Waals surface area contributed by atoms with Gasteiger partial charge in [0.25, 0.3) is 5.91 Å². The summed E-state index contributed by atoms with van der Waals surface area (Å²) in [5.74, 6) is -2.66. The molecule has 0 radical (unpaired) electrons. The van der Waals surface area contributed by atoms with E-state index >= 15 is 0 Å². The van der Waals surface area contributed by atoms with Gasteiger partial charge in [0.05, 0.1) is 24.8 Å². The highest BCUT2D eigenvalue weighted by Gasteiger charge is 2.24. The minimum Gasteiger partial charge on any atom is -0.493 e. The molecule has 7 N–H and O–H groups in total. The number of hydrogen-bond acceptors (Lipinski definition) is 7. The molecule has 11 heteroatoms. The third-order valence-electron chi connectivity index (χ3n) is 6.36. The van der Waals surface area contributed by atoms with Crippen LogP contribution in [0.5, 0.6) is 5.75 Å². The summed E-state index contributed by atoms with van der Waals surface area (Å²) in [5, 5.41) is 19.3. The Morgan fingerprint density at radius 1 is 1.00 bits per heavy atom. The molecule has 2 atom stereocenters. The van der Waals surface area contributed by atoms with Crippen molar-refractivity contribution < 1.29 is 29.0 Å². The van der Waals surface area contributed by atoms with Gasteiger partial charge < -0.3 is 31.9 Å². The van der Waals surface area contributed by atoms with Crippen LogP contribution in [-0.4, -0.2) is 54.0 Å². The normalized spacial score (nSPS) is 12.5. The number of nitrogens with two attached hydrogens (primary N) is 2. The third-order valence-corrected chi connectivity index (χ3v) is 7.38. The molecule has 0 bridgehead atoms. The number of carboxylic acids is 1. The monoisotopic (exact) mass is 562 g/mol. The molecule has 1 aromatic heterocycles. The SMILES string of the molecule is NC(=O)CNC(=O)c1cc2ccccc2cc1OCCCC(NC(=O)[C@H](N)Cc1csc2ccccc12)C(=O)O. The van der Waals surface area contributed by atoms with Gasteiger partial charge in [-0.2, -0.15) is 0 Å². The van der Waals surface area contributed by atoms with E-state index in [1.54, 1.807) is 23.5 Å². The van der Waals surface area contributed by atoms with E-state index in [0.29, 0.717) is 0 Å². The Bertz CT molecular complexity index is 1550. The summed E-state index contributed by atoms with van der Waals surface area (Å²) in [7, 11) is 0. The predicted octanol–water partition coefficient (Wildman–Crippen LogP) is 2.57. The predicted molar refractivity (Wildman–Crippen MR) is 153 cm³/mol. The van der Waals surface area contributed by atoms with Gasteiger partial charge >= 0.3 is 5.97 Å². The van der Waals surface area contributed by atoms with Crippen molar-refractivity contribution >= 4 is 55.9 Å². The Balaban J connectivity index is 1.35. The van der Waals surface area contributed by atoms with Crippen molar-refractivity contribution in [3.63, 3.8) is 0 Å². The molecule has 0 aliphatic rings. The molecule has 3 amide bonds. The Morgan fingerprint density at radius 3 is 2.42 bits per heavy atom. The van der Waals surface area contributed by atoms with Crippen LogP contribution >= 0.6 is 11.3 Å². The second-order valence-electron chi connectivity index (χ2n) is 9.30. The molecule has 4 aromatic rings. The Morgan fingerprint density at radius 2 is 1.70 bits per heavy atom. The minimum absolute atomic E-state index is 0.0844. The summed E-state index contributed by atoms with van der Waals surface area (Å²) in [6, 6.07) is 16.5. The second kappa shape index (κ2) is 13.0. The van der Waals surface area contributed by atoms with Crippen LogP contribution in [0, 0.1) is 0 Å². The first-order valence-electron chi connectivity index (χ1n) is 12.7. The number of fused-ring (bicyclic) bond motifs is 2. The van der Waals surface area contributed by atoms with E-state index in [2.05, 4.69) is 10.6 Å². The highest BCUT2D eigenvalue weighted by Crippen LogP contribution is 2.27. The molecule has 0 saturated heterocycles. The summed E-state index contributed by atoms with van der Waals surface area (Å²) >= 11 is 1.56. The molecule has 40 heavy (non-hydrogen) atoms. The quantitative estimate of drug-likeness (QED) is 0.156. The van der Waals surface area contributed by atoms with Crippen LogP contribution in [0.15, 0.2) is 66.0 Å². The maximum Gasteiger partial charge on any atom is 0.326 e. The van der Waals surface area contributed by atoms with Gasteiger partial charge in [0.2, 0.25) is 11.8 Å². The number of primary amides is 1. The number of benzene rings is 3. The number of ether oxygens (including phenoxy) is 1. The molecule has 0 spiro atoms. The van der Waals surface area contributed by atoms with Gasteiger partial charge in [0, 0.05) is 4.70 Å². The molecule has 3 aromatic carbocycles. The molecule has 10 nitrogen and oxygen atoms in total. The lowest BCUT2D eigenvalue weighted by molar-refractivity contribution is -0.142. The average Bonchev–Trinajstić information content (AvgIpc) is 3.35. The van der Waals surface area contributed by atoms with Crippen molar-refractivity contribution in [3.05, 3.63) is 77.2 Å². The fourth-order valence-electron chi connectivity index (χ4n) is 4.31. The zero-order chi connectivity index (χ0) is 28.6. The van der Waals surface area contributed by atoms with Crippen LogP contribution in [0.4, 0.5) is 0 Å². The Labute approximate surface area is 234 Å². The van der Waals surface area contributed by atoms with Crippen LogP contribution in [-0.2, 0) is 20.8 Å². The van der Waals surface area contributed by atoms with Gasteiger partial charge in [-0.15, -0.1) is 11.3 Å². The summed E-state index contributed by atoms with van der Waals surface area (Å²) in [5.41, 5.74) is 12.4. The highest BCUT2D eigenvalue weighted by atomic mass is 32.1. The Hall–Kier alpha value is -4.48. The van der Waals surface area contributed by atoms with Gasteiger partial charge in [0.1, 0.15) is 11.8 Å². The molecule has 208 valence electrons. The first-order chi connectivity index (χ1) is 19.2. The fourth-order valence-corrected chi connectivity index (χ4v) is 5.28. The molecule has 0 aliphatic heterocycles. The van der Waals surface area contributed by atoms with Crippen molar-refractivity contribution in [2.45, 2.75) is 31.3 Å². The van der Waals surface area contributed by atoms with Crippen molar-refractivity contribution in [1.82, 2.24) is 10.6 Å². The van der Waals surface area contributed by atoms with Crippen LogP contribution in [0.3, 0.4) is 0 Å². The van der Waals surface area contributed by atoms with E-state index in [4.69, 9.17) is 16.2 Å². The smallest absolute Gasteiger partial charge is 0.326 e. The maximum atomic E-state index is 12.7. The number of carbonyl (C=O) groups is 4. The summed E-state index contributed by atoms with van der Waals surface area (Å²) in [6.07, 6.45) is 0.649. The molecule has 1 heterocycles. The van der Waals surface area contributed by atoms with Gasteiger partial charge in [-0.25, -0.2) is 4.79 Å². The zero-order valence-corrected chi connectivity index (χ0v) is 22.4. The van der Waals surface area contributed by atoms with Crippen molar-refractivity contribution in [2.24, 2.45) is 11.5 Å². The van der Waals surface area contributed by atoms with Gasteiger partial charge in [-0.05, 0) is 64.6 Å². The highest BCUT2D eigenvalue weighted by molar-refractivity contribution is 7.17. The van der Waals surface area contributed by atoms with Crippen LogP contribution in [0.2, 0.25) is 0 Å². The first kappa shape index (κ1) is 28.5. The molecular weight excluding hydrogens is 532 g/mol. The van der Waals surface area contributed by atoms with Gasteiger partial charge in [-0.3, -0.25) is 14.4 Å². The van der Waals surface area contributed by atoms with Crippen LogP contribution in [0.1, 0.15) is 28.8 Å². The molecule has 1 unspecified atom stereocenters. The van der Waals surface area contributed by atoms with E-state index in [9.17, 15) is 24.3 Å². The number of carboxylic acid groups (broad SMARTS) is 1. The second-order valence-corrected chi connectivity index (χ2v) is 10.2. The molecular formula is C29H30N4O6S. The summed E-state index contributed by atoms with van der Waals surface area (Å²) < 4.78 is 6.95. The number of carbonyl (C=O) groups excluding carboxylic acids is 3. The lowest BCUT2D eigenvalue weighted by Gasteiger charge is -2.18. The minimum atomic E-state index is -1.18. The largest absolute Gasteiger partial charge is 0.493 e. The lowest BCUT2D eigenvalue weighted by atomic mass is 10.0. The standard InChI is InChI=1S/C29H30N4O6S/c30-22(13-19-16-40-25-10-4-3-8-20(19)25)28(36)33-23(29(37)38)9-5-11-39-24-14-18-7-2-1-6-17(18)12-21(24)27(35)32-15-26(31)34/h1-4,6-8,10,12,14,16,22-23H,5,9,11,13,15,30H2,(H2,31,34)(H,32,35)(H,33,36)(H,37,38)/t22-,23?/m1/s1. The number of nitrogens with one attached hydrogen (secondary N) is 2. The number of aliphatic carboxylic acids is 1. The fraction of sp³-hybridized carbons (Fsp3) is 0.241. The number of hydrogen-bond donors (Lipinski definition) is 5. The summed E-state index contributed by atoms with van der Waals surface area (Å²) in [4.78, 5) is 48.4. The van der Waals surface area contributed by atoms with Gasteiger partial charge in [-0.1, -0.05) is 42.5 Å². The van der Waals surface area contributed by atoms with Crippen LogP contribution in [0.25, 0.3) is 20.9 Å². The topological polar surface area (TPSA) is 174 Å². The number of thiophene rings is 1. The summed E-state index contributed by atoms with van der Waals surface area (Å²) in [6.45, 7) is -0.239. The van der Waals surface area contributed by atoms with Crippen molar-refractivity contribution in [1.29, 1.82) is 0 Å². The van der Waals surface area contributed by atoms with E-state index < -0.39 is 35.8 Å². The molecule has 0 saturated carbocycles. The third kappa shape index (κ3) is 7.13. The molecule has 4 rings (SSSR count).